The largest absolute Gasteiger partial charge is 0.486 e. The number of rotatable bonds is 4. The molecule has 8 heteroatoms. The third kappa shape index (κ3) is 3.61. The average molecular weight is 395 g/mol. The molecular weight excluding hydrogens is 374 g/mol. The van der Waals surface area contributed by atoms with Crippen LogP contribution in [-0.4, -0.2) is 28.7 Å². The molecule has 0 spiro atoms. The highest BCUT2D eigenvalue weighted by Gasteiger charge is 2.26. The van der Waals surface area contributed by atoms with Crippen LogP contribution in [-0.2, 0) is 16.9 Å². The maximum atomic E-state index is 12.7. The standard InChI is InChI=1S/C21H21N3O5/c1-21(2,13-7-8-16-17(11-13)29-10-9-28-16)23-18(25)12-24-19(26)14-5-3-4-6-15(14)22-20(24)27/h3-8,11H,9-10,12H2,1-2H3,(H,22,27)(H,23,25). The molecule has 0 radical (unpaired) electrons. The number of benzene rings is 2. The van der Waals surface area contributed by atoms with E-state index in [-0.39, 0.29) is 6.54 Å². The smallest absolute Gasteiger partial charge is 0.329 e. The molecule has 1 amide bonds. The average Bonchev–Trinajstić information content (AvgIpc) is 2.70. The summed E-state index contributed by atoms with van der Waals surface area (Å²) >= 11 is 0. The summed E-state index contributed by atoms with van der Waals surface area (Å²) < 4.78 is 12.0. The van der Waals surface area contributed by atoms with Crippen LogP contribution in [0.25, 0.3) is 10.9 Å². The number of nitrogens with zero attached hydrogens (tertiary/aromatic N) is 1. The van der Waals surface area contributed by atoms with Crippen LogP contribution in [0.15, 0.2) is 52.1 Å². The molecule has 150 valence electrons. The minimum atomic E-state index is -0.750. The van der Waals surface area contributed by atoms with Gasteiger partial charge < -0.3 is 19.8 Å². The lowest BCUT2D eigenvalue weighted by Crippen LogP contribution is -2.46. The van der Waals surface area contributed by atoms with Crippen molar-refractivity contribution >= 4 is 16.8 Å². The Kier molecular flexibility index (Phi) is 4.62. The number of amides is 1. The summed E-state index contributed by atoms with van der Waals surface area (Å²) in [7, 11) is 0. The Morgan fingerprint density at radius 2 is 1.83 bits per heavy atom. The number of aromatic nitrogens is 2. The van der Waals surface area contributed by atoms with Gasteiger partial charge in [0.05, 0.1) is 16.4 Å². The van der Waals surface area contributed by atoms with Gasteiger partial charge in [0.25, 0.3) is 5.56 Å². The van der Waals surface area contributed by atoms with E-state index >= 15 is 0 Å². The van der Waals surface area contributed by atoms with Gasteiger partial charge in [0.2, 0.25) is 5.91 Å². The van der Waals surface area contributed by atoms with Crippen LogP contribution in [0.3, 0.4) is 0 Å². The van der Waals surface area contributed by atoms with Gasteiger partial charge in [0, 0.05) is 0 Å². The minimum absolute atomic E-state index is 0.353. The Bertz CT molecular complexity index is 1210. The van der Waals surface area contributed by atoms with Crippen LogP contribution in [0.1, 0.15) is 19.4 Å². The summed E-state index contributed by atoms with van der Waals surface area (Å²) in [6.07, 6.45) is 0. The fraction of sp³-hybridized carbons (Fsp3) is 0.286. The second-order valence-corrected chi connectivity index (χ2v) is 7.40. The molecule has 0 atom stereocenters. The predicted molar refractivity (Wildman–Crippen MR) is 107 cm³/mol. The number of hydrogen-bond donors (Lipinski definition) is 2. The van der Waals surface area contributed by atoms with Crippen LogP contribution in [0.5, 0.6) is 11.5 Å². The molecule has 0 saturated heterocycles. The number of aromatic amines is 1. The fourth-order valence-corrected chi connectivity index (χ4v) is 3.38. The number of H-pyrrole nitrogens is 1. The first-order valence-electron chi connectivity index (χ1n) is 9.28. The molecular formula is C21H21N3O5. The molecule has 0 unspecified atom stereocenters. The monoisotopic (exact) mass is 395 g/mol. The molecule has 29 heavy (non-hydrogen) atoms. The van der Waals surface area contributed by atoms with Crippen molar-refractivity contribution in [3.63, 3.8) is 0 Å². The van der Waals surface area contributed by atoms with Crippen LogP contribution in [0.2, 0.25) is 0 Å². The van der Waals surface area contributed by atoms with Crippen LogP contribution < -0.4 is 26.0 Å². The lowest BCUT2D eigenvalue weighted by atomic mass is 9.93. The highest BCUT2D eigenvalue weighted by atomic mass is 16.6. The Hall–Kier alpha value is -3.55. The highest BCUT2D eigenvalue weighted by molar-refractivity contribution is 5.79. The molecule has 1 aliphatic heterocycles. The molecule has 2 aromatic carbocycles. The maximum absolute atomic E-state index is 12.7. The summed E-state index contributed by atoms with van der Waals surface area (Å²) in [6, 6.07) is 12.2. The fourth-order valence-electron chi connectivity index (χ4n) is 3.38. The number of ether oxygens (including phenoxy) is 2. The summed E-state index contributed by atoms with van der Waals surface area (Å²) in [5.74, 6) is 0.836. The van der Waals surface area contributed by atoms with E-state index in [2.05, 4.69) is 10.3 Å². The second-order valence-electron chi connectivity index (χ2n) is 7.40. The van der Waals surface area contributed by atoms with Gasteiger partial charge >= 0.3 is 5.69 Å². The van der Waals surface area contributed by atoms with Gasteiger partial charge in [-0.25, -0.2) is 4.79 Å². The van der Waals surface area contributed by atoms with Gasteiger partial charge in [-0.05, 0) is 43.7 Å². The quantitative estimate of drug-likeness (QED) is 0.697. The van der Waals surface area contributed by atoms with Crippen molar-refractivity contribution in [2.24, 2.45) is 0 Å². The van der Waals surface area contributed by atoms with Gasteiger partial charge in [-0.2, -0.15) is 0 Å². The Balaban J connectivity index is 1.57. The van der Waals surface area contributed by atoms with Gasteiger partial charge in [-0.1, -0.05) is 18.2 Å². The topological polar surface area (TPSA) is 102 Å². The normalized spacial score (nSPS) is 13.3. The molecule has 2 heterocycles. The number of carbonyl (C=O) groups excluding carboxylic acids is 1. The number of carbonyl (C=O) groups is 1. The van der Waals surface area contributed by atoms with Gasteiger partial charge in [0.1, 0.15) is 19.8 Å². The van der Waals surface area contributed by atoms with Crippen molar-refractivity contribution in [3.8, 4) is 11.5 Å². The number of para-hydroxylation sites is 1. The van der Waals surface area contributed by atoms with E-state index < -0.39 is 22.7 Å². The zero-order chi connectivity index (χ0) is 20.6. The SMILES string of the molecule is CC(C)(NC(=O)Cn1c(=O)[nH]c2ccccc2c1=O)c1ccc2c(c1)OCCO2. The molecule has 1 aromatic heterocycles. The van der Waals surface area contributed by atoms with E-state index in [1.807, 2.05) is 26.0 Å². The van der Waals surface area contributed by atoms with Crippen molar-refractivity contribution in [2.75, 3.05) is 13.2 Å². The van der Waals surface area contributed by atoms with Crippen LogP contribution >= 0.6 is 0 Å². The number of fused-ring (bicyclic) bond motifs is 2. The van der Waals surface area contributed by atoms with Gasteiger partial charge in [-0.3, -0.25) is 14.2 Å². The molecule has 8 nitrogen and oxygen atoms in total. The van der Waals surface area contributed by atoms with Crippen LogP contribution in [0, 0.1) is 0 Å². The van der Waals surface area contributed by atoms with E-state index in [1.54, 1.807) is 30.3 Å². The van der Waals surface area contributed by atoms with E-state index in [1.165, 1.54) is 0 Å². The molecule has 3 aromatic rings. The molecule has 2 N–H and O–H groups in total. The zero-order valence-corrected chi connectivity index (χ0v) is 16.2. The number of hydrogen-bond acceptors (Lipinski definition) is 5. The van der Waals surface area contributed by atoms with Crippen molar-refractivity contribution in [1.82, 2.24) is 14.9 Å². The maximum Gasteiger partial charge on any atom is 0.329 e. The molecule has 1 aliphatic rings. The molecule has 0 saturated carbocycles. The third-order valence-electron chi connectivity index (χ3n) is 4.91. The third-order valence-corrected chi connectivity index (χ3v) is 4.91. The van der Waals surface area contributed by atoms with E-state index in [4.69, 9.17) is 9.47 Å². The lowest BCUT2D eigenvalue weighted by Gasteiger charge is -2.28. The second kappa shape index (κ2) is 7.12. The molecule has 0 fully saturated rings. The van der Waals surface area contributed by atoms with Gasteiger partial charge in [0.15, 0.2) is 11.5 Å². The number of nitrogens with one attached hydrogen (secondary N) is 2. The molecule has 4 rings (SSSR count). The van der Waals surface area contributed by atoms with Crippen molar-refractivity contribution < 1.29 is 14.3 Å². The highest BCUT2D eigenvalue weighted by Crippen LogP contribution is 2.34. The predicted octanol–water partition coefficient (Wildman–Crippen LogP) is 1.51. The molecule has 0 aliphatic carbocycles. The summed E-state index contributed by atoms with van der Waals surface area (Å²) in [5.41, 5.74) is -0.622. The summed E-state index contributed by atoms with van der Waals surface area (Å²) in [6.45, 7) is 4.26. The Labute approximate surface area is 166 Å². The lowest BCUT2D eigenvalue weighted by molar-refractivity contribution is -0.123. The zero-order valence-electron chi connectivity index (χ0n) is 16.2. The molecule has 0 bridgehead atoms. The van der Waals surface area contributed by atoms with E-state index in [0.717, 1.165) is 10.1 Å². The summed E-state index contributed by atoms with van der Waals surface area (Å²) in [5, 5.41) is 3.24. The Morgan fingerprint density at radius 3 is 2.62 bits per heavy atom. The van der Waals surface area contributed by atoms with Crippen molar-refractivity contribution in [2.45, 2.75) is 25.9 Å². The van der Waals surface area contributed by atoms with Gasteiger partial charge in [-0.15, -0.1) is 0 Å². The van der Waals surface area contributed by atoms with Crippen molar-refractivity contribution in [1.29, 1.82) is 0 Å². The Morgan fingerprint density at radius 1 is 1.10 bits per heavy atom. The first-order valence-corrected chi connectivity index (χ1v) is 9.28. The first kappa shape index (κ1) is 18.8. The van der Waals surface area contributed by atoms with Crippen molar-refractivity contribution in [3.05, 3.63) is 68.9 Å². The first-order chi connectivity index (χ1) is 13.8. The summed E-state index contributed by atoms with van der Waals surface area (Å²) in [4.78, 5) is 40.2. The minimum Gasteiger partial charge on any atom is -0.486 e. The van der Waals surface area contributed by atoms with E-state index in [0.29, 0.717) is 35.6 Å². The van der Waals surface area contributed by atoms with E-state index in [9.17, 15) is 14.4 Å². The van der Waals surface area contributed by atoms with Crippen LogP contribution in [0.4, 0.5) is 0 Å².